The van der Waals surface area contributed by atoms with Gasteiger partial charge in [0.1, 0.15) is 23.0 Å². The van der Waals surface area contributed by atoms with Gasteiger partial charge in [-0.05, 0) is 95.1 Å². The van der Waals surface area contributed by atoms with Gasteiger partial charge in [-0.25, -0.2) is 19.2 Å². The summed E-state index contributed by atoms with van der Waals surface area (Å²) in [5.41, 5.74) is 3.67. The van der Waals surface area contributed by atoms with Crippen LogP contribution in [-0.4, -0.2) is 34.5 Å². The Kier molecular flexibility index (Phi) is 6.90. The Bertz CT molecular complexity index is 1560. The standard InChI is InChI=1S/C31H22O10/c1-31(2)25-15-21(38-27(32)17-3-7-19(8-4-17)40-29(34)35)11-13-23(25)24-14-12-22(16-26(24)31)39-28(33)18-5-9-20(10-6-18)41-30(36)37/h3-16H,1-2H3,(H,34,35)(H,36,37). The molecule has 0 aliphatic heterocycles. The SMILES string of the molecule is CC1(C)c2cc(OC(=O)c3ccc(OC(=O)O)cc3)ccc2-c2ccc(OC(=O)c3ccc(OC(=O)O)cc3)cc21. The highest BCUT2D eigenvalue weighted by Crippen LogP contribution is 2.50. The largest absolute Gasteiger partial charge is 0.511 e. The van der Waals surface area contributed by atoms with E-state index < -0.39 is 29.7 Å². The number of carbonyl (C=O) groups excluding carboxylic acids is 2. The Morgan fingerprint density at radius 3 is 1.20 bits per heavy atom. The molecular formula is C31H22O10. The molecule has 0 spiro atoms. The summed E-state index contributed by atoms with van der Waals surface area (Å²) in [6.45, 7) is 4.02. The van der Waals surface area contributed by atoms with Gasteiger partial charge in [0.2, 0.25) is 0 Å². The van der Waals surface area contributed by atoms with Crippen molar-refractivity contribution in [3.05, 3.63) is 107 Å². The molecule has 0 radical (unpaired) electrons. The van der Waals surface area contributed by atoms with Crippen molar-refractivity contribution in [3.8, 4) is 34.1 Å². The normalized spacial score (nSPS) is 12.4. The maximum atomic E-state index is 12.7. The average Bonchev–Trinajstić information content (AvgIpc) is 3.14. The Morgan fingerprint density at radius 1 is 0.512 bits per heavy atom. The molecule has 206 valence electrons. The molecule has 10 heteroatoms. The van der Waals surface area contributed by atoms with Crippen LogP contribution in [0.25, 0.3) is 11.1 Å². The van der Waals surface area contributed by atoms with Crippen molar-refractivity contribution in [2.45, 2.75) is 19.3 Å². The maximum Gasteiger partial charge on any atom is 0.511 e. The van der Waals surface area contributed by atoms with Crippen LogP contribution in [0.2, 0.25) is 0 Å². The number of carboxylic acid groups (broad SMARTS) is 2. The first kappa shape index (κ1) is 26.9. The van der Waals surface area contributed by atoms with Crippen molar-refractivity contribution in [2.75, 3.05) is 0 Å². The van der Waals surface area contributed by atoms with Crippen LogP contribution in [0.15, 0.2) is 84.9 Å². The number of hydrogen-bond acceptors (Lipinski definition) is 8. The summed E-state index contributed by atoms with van der Waals surface area (Å²) in [5.74, 6) is -0.391. The van der Waals surface area contributed by atoms with Crippen LogP contribution >= 0.6 is 0 Å². The molecule has 0 aromatic heterocycles. The number of hydrogen-bond donors (Lipinski definition) is 2. The van der Waals surface area contributed by atoms with E-state index in [0.29, 0.717) is 11.5 Å². The molecule has 0 amide bonds. The van der Waals surface area contributed by atoms with Gasteiger partial charge >= 0.3 is 24.2 Å². The number of rotatable bonds is 6. The van der Waals surface area contributed by atoms with Gasteiger partial charge in [0.25, 0.3) is 0 Å². The predicted octanol–water partition coefficient (Wildman–Crippen LogP) is 6.54. The first-order valence-electron chi connectivity index (χ1n) is 12.3. The summed E-state index contributed by atoms with van der Waals surface area (Å²) in [5, 5.41) is 17.4. The summed E-state index contributed by atoms with van der Waals surface area (Å²) >= 11 is 0. The van der Waals surface area contributed by atoms with Crippen LogP contribution in [0.5, 0.6) is 23.0 Å². The van der Waals surface area contributed by atoms with Crippen molar-refractivity contribution >= 4 is 24.2 Å². The molecule has 4 aromatic rings. The van der Waals surface area contributed by atoms with E-state index in [0.717, 1.165) is 22.3 Å². The van der Waals surface area contributed by atoms with Crippen molar-refractivity contribution in [3.63, 3.8) is 0 Å². The van der Waals surface area contributed by atoms with E-state index in [1.54, 1.807) is 24.3 Å². The van der Waals surface area contributed by atoms with E-state index in [2.05, 4.69) is 9.47 Å². The zero-order valence-corrected chi connectivity index (χ0v) is 21.7. The van der Waals surface area contributed by atoms with Crippen LogP contribution < -0.4 is 18.9 Å². The monoisotopic (exact) mass is 554 g/mol. The number of esters is 2. The highest BCUT2D eigenvalue weighted by Gasteiger charge is 2.36. The van der Waals surface area contributed by atoms with Gasteiger partial charge in [0.15, 0.2) is 0 Å². The molecule has 2 N–H and O–H groups in total. The fraction of sp³-hybridized carbons (Fsp3) is 0.0968. The van der Waals surface area contributed by atoms with Crippen molar-refractivity contribution in [1.29, 1.82) is 0 Å². The van der Waals surface area contributed by atoms with Gasteiger partial charge in [-0.3, -0.25) is 0 Å². The predicted molar refractivity (Wildman–Crippen MR) is 144 cm³/mol. The lowest BCUT2D eigenvalue weighted by Crippen LogP contribution is -2.16. The lowest BCUT2D eigenvalue weighted by Gasteiger charge is -2.22. The van der Waals surface area contributed by atoms with E-state index in [1.165, 1.54) is 48.5 Å². The van der Waals surface area contributed by atoms with Crippen molar-refractivity contribution < 1.29 is 48.3 Å². The van der Waals surface area contributed by atoms with Gasteiger partial charge in [-0.15, -0.1) is 0 Å². The van der Waals surface area contributed by atoms with Crippen LogP contribution in [0.3, 0.4) is 0 Å². The molecule has 4 aromatic carbocycles. The minimum absolute atomic E-state index is 0.0828. The molecule has 41 heavy (non-hydrogen) atoms. The molecule has 0 saturated heterocycles. The summed E-state index contributed by atoms with van der Waals surface area (Å²) < 4.78 is 20.3. The number of fused-ring (bicyclic) bond motifs is 3. The highest BCUT2D eigenvalue weighted by atomic mass is 16.7. The molecule has 5 rings (SSSR count). The second kappa shape index (κ2) is 10.5. The zero-order valence-electron chi connectivity index (χ0n) is 21.7. The van der Waals surface area contributed by atoms with Gasteiger partial charge in [-0.1, -0.05) is 26.0 Å². The fourth-order valence-corrected chi connectivity index (χ4v) is 4.67. The topological polar surface area (TPSA) is 146 Å². The number of carbonyl (C=O) groups is 4. The Hall–Kier alpha value is -5.64. The third kappa shape index (κ3) is 5.57. The second-order valence-corrected chi connectivity index (χ2v) is 9.60. The van der Waals surface area contributed by atoms with Gasteiger partial charge in [0, 0.05) is 5.41 Å². The molecule has 10 nitrogen and oxygen atoms in total. The number of ether oxygens (including phenoxy) is 4. The Labute approximate surface area is 233 Å². The van der Waals surface area contributed by atoms with E-state index >= 15 is 0 Å². The van der Waals surface area contributed by atoms with E-state index in [4.69, 9.17) is 19.7 Å². The minimum Gasteiger partial charge on any atom is -0.449 e. The van der Waals surface area contributed by atoms with Crippen LogP contribution in [0.1, 0.15) is 45.7 Å². The van der Waals surface area contributed by atoms with Gasteiger partial charge in [0.05, 0.1) is 11.1 Å². The van der Waals surface area contributed by atoms with E-state index in [1.807, 2.05) is 26.0 Å². The smallest absolute Gasteiger partial charge is 0.449 e. The van der Waals surface area contributed by atoms with Crippen LogP contribution in [-0.2, 0) is 5.41 Å². The molecule has 1 aliphatic rings. The first-order valence-corrected chi connectivity index (χ1v) is 12.3. The van der Waals surface area contributed by atoms with Gasteiger partial charge < -0.3 is 29.2 Å². The fourth-order valence-electron chi connectivity index (χ4n) is 4.67. The Morgan fingerprint density at radius 2 is 0.854 bits per heavy atom. The zero-order chi connectivity index (χ0) is 29.3. The third-order valence-corrected chi connectivity index (χ3v) is 6.63. The van der Waals surface area contributed by atoms with E-state index in [9.17, 15) is 19.2 Å². The van der Waals surface area contributed by atoms with Crippen molar-refractivity contribution in [1.82, 2.24) is 0 Å². The maximum absolute atomic E-state index is 12.7. The van der Waals surface area contributed by atoms with Gasteiger partial charge in [-0.2, -0.15) is 0 Å². The highest BCUT2D eigenvalue weighted by molar-refractivity contribution is 5.92. The number of benzene rings is 4. The third-order valence-electron chi connectivity index (χ3n) is 6.63. The van der Waals surface area contributed by atoms with Crippen molar-refractivity contribution in [2.24, 2.45) is 0 Å². The quantitative estimate of drug-likeness (QED) is 0.153. The lowest BCUT2D eigenvalue weighted by atomic mass is 9.82. The summed E-state index contributed by atoms with van der Waals surface area (Å²) in [7, 11) is 0. The average molecular weight is 555 g/mol. The summed E-state index contributed by atoms with van der Waals surface area (Å²) in [6, 6.07) is 21.8. The lowest BCUT2D eigenvalue weighted by molar-refractivity contribution is 0.0725. The summed E-state index contributed by atoms with van der Waals surface area (Å²) in [6.07, 6.45) is -2.90. The van der Waals surface area contributed by atoms with Crippen LogP contribution in [0.4, 0.5) is 9.59 Å². The molecule has 0 atom stereocenters. The molecular weight excluding hydrogens is 532 g/mol. The second-order valence-electron chi connectivity index (χ2n) is 9.60. The first-order chi connectivity index (χ1) is 19.5. The Balaban J connectivity index is 1.32. The molecule has 0 fully saturated rings. The van der Waals surface area contributed by atoms with E-state index in [-0.39, 0.29) is 22.6 Å². The molecule has 0 bridgehead atoms. The molecule has 1 aliphatic carbocycles. The minimum atomic E-state index is -1.45. The van der Waals surface area contributed by atoms with Crippen LogP contribution in [0, 0.1) is 0 Å². The molecule has 0 unspecified atom stereocenters. The molecule has 0 saturated carbocycles. The molecule has 0 heterocycles. The summed E-state index contributed by atoms with van der Waals surface area (Å²) in [4.78, 5) is 46.7.